The van der Waals surface area contributed by atoms with Crippen LogP contribution in [0.2, 0.25) is 0 Å². The zero-order chi connectivity index (χ0) is 19.2. The lowest BCUT2D eigenvalue weighted by molar-refractivity contribution is -0.116. The fraction of sp³-hybridized carbons (Fsp3) is 0.333. The number of carbonyl (C=O) groups excluding carboxylic acids is 1. The van der Waals surface area contributed by atoms with E-state index in [-0.39, 0.29) is 11.7 Å². The fourth-order valence-electron chi connectivity index (χ4n) is 3.16. The van der Waals surface area contributed by atoms with Crippen LogP contribution in [0.4, 0.5) is 10.2 Å². The van der Waals surface area contributed by atoms with E-state index in [0.29, 0.717) is 17.7 Å². The standard InChI is InChI=1S/C21H25FN4O/c1-16(18-7-3-4-8-19(18)22)14-20(27)24-15-17-6-5-9-23-21(17)26-12-10-25(2)11-13-26/h3-9,14H,10-13,15H2,1-2H3,(H,24,27)/b16-14+. The molecule has 1 aliphatic heterocycles. The number of carbonyl (C=O) groups is 1. The summed E-state index contributed by atoms with van der Waals surface area (Å²) in [7, 11) is 2.11. The number of anilines is 1. The second-order valence-corrected chi connectivity index (χ2v) is 6.80. The van der Waals surface area contributed by atoms with Gasteiger partial charge in [-0.1, -0.05) is 24.3 Å². The smallest absolute Gasteiger partial charge is 0.244 e. The summed E-state index contributed by atoms with van der Waals surface area (Å²) in [5, 5.41) is 2.89. The highest BCUT2D eigenvalue weighted by Gasteiger charge is 2.18. The summed E-state index contributed by atoms with van der Waals surface area (Å²) in [5.74, 6) is 0.341. The lowest BCUT2D eigenvalue weighted by atomic mass is 10.1. The third kappa shape index (κ3) is 4.92. The van der Waals surface area contributed by atoms with Crippen molar-refractivity contribution in [1.29, 1.82) is 0 Å². The number of benzene rings is 1. The number of amides is 1. The van der Waals surface area contributed by atoms with Crippen LogP contribution in [0.15, 0.2) is 48.7 Å². The van der Waals surface area contributed by atoms with Gasteiger partial charge in [-0.2, -0.15) is 0 Å². The van der Waals surface area contributed by atoms with Crippen LogP contribution >= 0.6 is 0 Å². The maximum Gasteiger partial charge on any atom is 0.244 e. The minimum absolute atomic E-state index is 0.246. The van der Waals surface area contributed by atoms with E-state index < -0.39 is 0 Å². The number of hydrogen-bond donors (Lipinski definition) is 1. The molecule has 2 heterocycles. The molecule has 0 atom stereocenters. The van der Waals surface area contributed by atoms with E-state index in [2.05, 4.69) is 27.1 Å². The van der Waals surface area contributed by atoms with Crippen molar-refractivity contribution in [2.45, 2.75) is 13.5 Å². The molecule has 1 amide bonds. The summed E-state index contributed by atoms with van der Waals surface area (Å²) in [6.07, 6.45) is 3.21. The van der Waals surface area contributed by atoms with Crippen LogP contribution in [-0.4, -0.2) is 49.0 Å². The van der Waals surface area contributed by atoms with Crippen LogP contribution in [0, 0.1) is 5.82 Å². The Morgan fingerprint density at radius 1 is 1.19 bits per heavy atom. The number of piperazine rings is 1. The van der Waals surface area contributed by atoms with E-state index in [9.17, 15) is 9.18 Å². The molecular formula is C21H25FN4O. The van der Waals surface area contributed by atoms with Crippen molar-refractivity contribution < 1.29 is 9.18 Å². The number of allylic oxidation sites excluding steroid dienone is 1. The Morgan fingerprint density at radius 2 is 1.93 bits per heavy atom. The number of likely N-dealkylation sites (N-methyl/N-ethyl adjacent to an activating group) is 1. The van der Waals surface area contributed by atoms with Crippen molar-refractivity contribution in [2.24, 2.45) is 0 Å². The first-order chi connectivity index (χ1) is 13.0. The molecule has 0 bridgehead atoms. The monoisotopic (exact) mass is 368 g/mol. The predicted molar refractivity (Wildman–Crippen MR) is 106 cm³/mol. The average molecular weight is 368 g/mol. The second kappa shape index (κ2) is 8.77. The van der Waals surface area contributed by atoms with Gasteiger partial charge in [-0.3, -0.25) is 4.79 Å². The van der Waals surface area contributed by atoms with Crippen LogP contribution in [0.1, 0.15) is 18.1 Å². The lowest BCUT2D eigenvalue weighted by Gasteiger charge is -2.34. The Bertz CT molecular complexity index is 828. The van der Waals surface area contributed by atoms with Gasteiger partial charge >= 0.3 is 0 Å². The number of aromatic nitrogens is 1. The van der Waals surface area contributed by atoms with Crippen molar-refractivity contribution >= 4 is 17.3 Å². The second-order valence-electron chi connectivity index (χ2n) is 6.80. The molecule has 0 radical (unpaired) electrons. The van der Waals surface area contributed by atoms with Crippen molar-refractivity contribution in [2.75, 3.05) is 38.1 Å². The van der Waals surface area contributed by atoms with Gasteiger partial charge in [0.25, 0.3) is 0 Å². The van der Waals surface area contributed by atoms with Gasteiger partial charge in [0, 0.05) is 56.1 Å². The van der Waals surface area contributed by atoms with Crippen molar-refractivity contribution in [3.8, 4) is 0 Å². The van der Waals surface area contributed by atoms with Gasteiger partial charge < -0.3 is 15.1 Å². The third-order valence-corrected chi connectivity index (χ3v) is 4.77. The number of nitrogens with zero attached hydrogens (tertiary/aromatic N) is 3. The largest absolute Gasteiger partial charge is 0.354 e. The van der Waals surface area contributed by atoms with E-state index in [1.165, 1.54) is 12.1 Å². The zero-order valence-corrected chi connectivity index (χ0v) is 15.8. The van der Waals surface area contributed by atoms with E-state index in [4.69, 9.17) is 0 Å². The molecule has 0 saturated carbocycles. The van der Waals surface area contributed by atoms with E-state index in [1.54, 1.807) is 31.3 Å². The maximum absolute atomic E-state index is 13.8. The Hall–Kier alpha value is -2.73. The van der Waals surface area contributed by atoms with Gasteiger partial charge in [0.15, 0.2) is 0 Å². The van der Waals surface area contributed by atoms with Crippen molar-refractivity contribution in [3.63, 3.8) is 0 Å². The van der Waals surface area contributed by atoms with E-state index >= 15 is 0 Å². The van der Waals surface area contributed by atoms with Gasteiger partial charge in [0.05, 0.1) is 0 Å². The minimum Gasteiger partial charge on any atom is -0.354 e. The quantitative estimate of drug-likeness (QED) is 0.825. The Kier molecular flexibility index (Phi) is 6.19. The number of hydrogen-bond acceptors (Lipinski definition) is 4. The SMILES string of the molecule is C/C(=C\C(=O)NCc1cccnc1N1CCN(C)CC1)c1ccccc1F. The summed E-state index contributed by atoms with van der Waals surface area (Å²) in [6, 6.07) is 10.3. The minimum atomic E-state index is -0.330. The molecule has 1 aromatic heterocycles. The fourth-order valence-corrected chi connectivity index (χ4v) is 3.16. The molecule has 0 unspecified atom stereocenters. The Morgan fingerprint density at radius 3 is 2.67 bits per heavy atom. The molecule has 2 aromatic rings. The van der Waals surface area contributed by atoms with Crippen LogP contribution < -0.4 is 10.2 Å². The molecule has 27 heavy (non-hydrogen) atoms. The zero-order valence-electron chi connectivity index (χ0n) is 15.8. The van der Waals surface area contributed by atoms with Crippen LogP contribution in [0.3, 0.4) is 0 Å². The Labute approximate surface area is 159 Å². The van der Waals surface area contributed by atoms with Crippen molar-refractivity contribution in [1.82, 2.24) is 15.2 Å². The molecule has 142 valence electrons. The topological polar surface area (TPSA) is 48.5 Å². The molecule has 6 heteroatoms. The summed E-state index contributed by atoms with van der Waals surface area (Å²) >= 11 is 0. The molecular weight excluding hydrogens is 343 g/mol. The number of nitrogens with one attached hydrogen (secondary N) is 1. The first-order valence-electron chi connectivity index (χ1n) is 9.13. The third-order valence-electron chi connectivity index (χ3n) is 4.77. The normalized spacial score (nSPS) is 15.7. The molecule has 5 nitrogen and oxygen atoms in total. The molecule has 1 aromatic carbocycles. The van der Waals surface area contributed by atoms with Gasteiger partial charge in [-0.15, -0.1) is 0 Å². The first-order valence-corrected chi connectivity index (χ1v) is 9.13. The van der Waals surface area contributed by atoms with Crippen LogP contribution in [0.25, 0.3) is 5.57 Å². The van der Waals surface area contributed by atoms with Gasteiger partial charge in [-0.05, 0) is 31.7 Å². The molecule has 0 spiro atoms. The highest BCUT2D eigenvalue weighted by atomic mass is 19.1. The highest BCUT2D eigenvalue weighted by molar-refractivity contribution is 5.94. The summed E-state index contributed by atoms with van der Waals surface area (Å²) < 4.78 is 13.8. The predicted octanol–water partition coefficient (Wildman–Crippen LogP) is 2.69. The van der Waals surface area contributed by atoms with Crippen molar-refractivity contribution in [3.05, 3.63) is 65.6 Å². The van der Waals surface area contributed by atoms with Gasteiger partial charge in [0.2, 0.25) is 5.91 Å². The first kappa shape index (κ1) is 19.0. The number of rotatable bonds is 5. The molecule has 1 aliphatic rings. The van der Waals surface area contributed by atoms with Crippen LogP contribution in [-0.2, 0) is 11.3 Å². The molecule has 1 fully saturated rings. The van der Waals surface area contributed by atoms with Gasteiger partial charge in [0.1, 0.15) is 11.6 Å². The van der Waals surface area contributed by atoms with E-state index in [1.807, 2.05) is 12.1 Å². The van der Waals surface area contributed by atoms with Gasteiger partial charge in [-0.25, -0.2) is 9.37 Å². The molecule has 1 N–H and O–H groups in total. The highest BCUT2D eigenvalue weighted by Crippen LogP contribution is 2.19. The number of pyridine rings is 1. The van der Waals surface area contributed by atoms with Crippen LogP contribution in [0.5, 0.6) is 0 Å². The molecule has 1 saturated heterocycles. The molecule has 3 rings (SSSR count). The molecule has 0 aliphatic carbocycles. The Balaban J connectivity index is 1.66. The summed E-state index contributed by atoms with van der Waals surface area (Å²) in [6.45, 7) is 5.94. The summed E-state index contributed by atoms with van der Waals surface area (Å²) in [5.41, 5.74) is 2.01. The lowest BCUT2D eigenvalue weighted by Crippen LogP contribution is -2.45. The number of halogens is 1. The summed E-state index contributed by atoms with van der Waals surface area (Å²) in [4.78, 5) is 21.3. The van der Waals surface area contributed by atoms with E-state index in [0.717, 1.165) is 37.6 Å². The average Bonchev–Trinajstić information content (AvgIpc) is 2.67. The maximum atomic E-state index is 13.8.